The number of benzene rings is 2. The summed E-state index contributed by atoms with van der Waals surface area (Å²) in [5, 5.41) is 10.7. The monoisotopic (exact) mass is 398 g/mol. The zero-order chi connectivity index (χ0) is 20.6. The second kappa shape index (κ2) is 10.3. The van der Waals surface area contributed by atoms with Gasteiger partial charge in [0.05, 0.1) is 24.9 Å². The van der Waals surface area contributed by atoms with Crippen LogP contribution in [0, 0.1) is 0 Å². The average Bonchev–Trinajstić information content (AvgIpc) is 2.76. The average molecular weight is 398 g/mol. The lowest BCUT2D eigenvalue weighted by molar-refractivity contribution is -0.298. The van der Waals surface area contributed by atoms with Crippen molar-refractivity contribution in [1.29, 1.82) is 0 Å². The first kappa shape index (κ1) is 21.2. The number of ether oxygens (including phenoxy) is 4. The fourth-order valence-electron chi connectivity index (χ4n) is 3.13. The molecule has 3 rings (SSSR count). The Morgan fingerprint density at radius 1 is 1.07 bits per heavy atom. The molecule has 1 N–H and O–H groups in total. The number of carbonyl (C=O) groups excluding carboxylic acids is 1. The molecule has 0 bridgehead atoms. The second-order valence-corrected chi connectivity index (χ2v) is 6.82. The largest absolute Gasteiger partial charge is 0.450 e. The van der Waals surface area contributed by atoms with Crippen molar-refractivity contribution in [2.24, 2.45) is 0 Å². The highest BCUT2D eigenvalue weighted by atomic mass is 16.7. The van der Waals surface area contributed by atoms with Gasteiger partial charge in [-0.2, -0.15) is 0 Å². The van der Waals surface area contributed by atoms with E-state index in [0.29, 0.717) is 5.56 Å². The van der Waals surface area contributed by atoms with Gasteiger partial charge in [0.2, 0.25) is 0 Å². The Morgan fingerprint density at radius 2 is 1.72 bits per heavy atom. The van der Waals surface area contributed by atoms with Gasteiger partial charge in [-0.25, -0.2) is 4.79 Å². The van der Waals surface area contributed by atoms with Crippen molar-refractivity contribution in [3.05, 3.63) is 84.4 Å². The van der Waals surface area contributed by atoms with Crippen molar-refractivity contribution in [2.75, 3.05) is 6.61 Å². The molecular formula is C23H26O6. The zero-order valence-electron chi connectivity index (χ0n) is 16.3. The summed E-state index contributed by atoms with van der Waals surface area (Å²) in [6.45, 7) is 5.82. The molecule has 2 aromatic carbocycles. The number of hydrogen-bond donors (Lipinski definition) is 1. The summed E-state index contributed by atoms with van der Waals surface area (Å²) in [5.74, 6) is -0.540. The van der Waals surface area contributed by atoms with Crippen LogP contribution in [-0.4, -0.2) is 48.4 Å². The third-order valence-electron chi connectivity index (χ3n) is 4.67. The number of carbonyl (C=O) groups is 1. The van der Waals surface area contributed by atoms with E-state index in [1.165, 1.54) is 0 Å². The summed E-state index contributed by atoms with van der Waals surface area (Å²) in [6.07, 6.45) is -2.62. The van der Waals surface area contributed by atoms with E-state index in [-0.39, 0.29) is 13.2 Å². The molecule has 0 aromatic heterocycles. The van der Waals surface area contributed by atoms with Gasteiger partial charge in [-0.1, -0.05) is 54.6 Å². The van der Waals surface area contributed by atoms with E-state index in [0.717, 1.165) is 5.56 Å². The molecule has 6 nitrogen and oxygen atoms in total. The molecule has 0 aliphatic carbocycles. The van der Waals surface area contributed by atoms with Crippen LogP contribution in [0.5, 0.6) is 0 Å². The predicted molar refractivity (Wildman–Crippen MR) is 107 cm³/mol. The maximum Gasteiger partial charge on any atom is 0.338 e. The first-order valence-corrected chi connectivity index (χ1v) is 9.57. The topological polar surface area (TPSA) is 74.2 Å². The molecule has 0 radical (unpaired) electrons. The van der Waals surface area contributed by atoms with Crippen molar-refractivity contribution < 1.29 is 28.8 Å². The van der Waals surface area contributed by atoms with Gasteiger partial charge in [0, 0.05) is 0 Å². The molecule has 29 heavy (non-hydrogen) atoms. The minimum Gasteiger partial charge on any atom is -0.450 e. The standard InChI is InChI=1S/C23H26O6/c1-3-14-26-23-21(29-22(25)18-12-8-5-9-13-18)20(19(24)16(2)28-23)27-15-17-10-6-4-7-11-17/h3-13,16,19-21,23-24H,1,14-15H2,2H3. The molecule has 5 atom stereocenters. The number of hydrogen-bond acceptors (Lipinski definition) is 6. The van der Waals surface area contributed by atoms with Crippen LogP contribution in [0.4, 0.5) is 0 Å². The van der Waals surface area contributed by atoms with Gasteiger partial charge in [0.15, 0.2) is 12.4 Å². The van der Waals surface area contributed by atoms with E-state index in [2.05, 4.69) is 6.58 Å². The lowest BCUT2D eigenvalue weighted by atomic mass is 9.99. The lowest BCUT2D eigenvalue weighted by Crippen LogP contribution is -2.59. The van der Waals surface area contributed by atoms with Crippen molar-refractivity contribution in [2.45, 2.75) is 44.2 Å². The van der Waals surface area contributed by atoms with Crippen LogP contribution in [0.25, 0.3) is 0 Å². The Morgan fingerprint density at radius 3 is 2.38 bits per heavy atom. The van der Waals surface area contributed by atoms with Crippen molar-refractivity contribution in [1.82, 2.24) is 0 Å². The lowest BCUT2D eigenvalue weighted by Gasteiger charge is -2.42. The predicted octanol–water partition coefficient (Wildman–Crippen LogP) is 3.11. The van der Waals surface area contributed by atoms with Crippen LogP contribution in [-0.2, 0) is 25.6 Å². The van der Waals surface area contributed by atoms with E-state index >= 15 is 0 Å². The summed E-state index contributed by atoms with van der Waals surface area (Å²) < 4.78 is 23.1. The molecule has 0 spiro atoms. The molecule has 1 aliphatic heterocycles. The maximum absolute atomic E-state index is 12.6. The van der Waals surface area contributed by atoms with Gasteiger partial charge in [-0.3, -0.25) is 0 Å². The second-order valence-electron chi connectivity index (χ2n) is 6.82. The summed E-state index contributed by atoms with van der Waals surface area (Å²) in [4.78, 5) is 12.6. The highest BCUT2D eigenvalue weighted by molar-refractivity contribution is 5.89. The Balaban J connectivity index is 1.80. The van der Waals surface area contributed by atoms with Gasteiger partial charge in [0.25, 0.3) is 0 Å². The van der Waals surface area contributed by atoms with Gasteiger partial charge in [-0.05, 0) is 24.6 Å². The molecule has 1 aliphatic rings. The van der Waals surface area contributed by atoms with E-state index in [1.807, 2.05) is 36.4 Å². The van der Waals surface area contributed by atoms with E-state index in [9.17, 15) is 9.90 Å². The number of aliphatic hydroxyl groups is 1. The van der Waals surface area contributed by atoms with Crippen LogP contribution in [0.1, 0.15) is 22.8 Å². The van der Waals surface area contributed by atoms with Crippen molar-refractivity contribution >= 4 is 5.97 Å². The first-order chi connectivity index (χ1) is 14.1. The Labute approximate surface area is 170 Å². The molecule has 154 valence electrons. The van der Waals surface area contributed by atoms with E-state index < -0.39 is 36.7 Å². The van der Waals surface area contributed by atoms with Crippen LogP contribution < -0.4 is 0 Å². The van der Waals surface area contributed by atoms with Gasteiger partial charge >= 0.3 is 5.97 Å². The summed E-state index contributed by atoms with van der Waals surface area (Å²) >= 11 is 0. The minimum absolute atomic E-state index is 0.207. The highest BCUT2D eigenvalue weighted by Crippen LogP contribution is 2.28. The first-order valence-electron chi connectivity index (χ1n) is 9.57. The van der Waals surface area contributed by atoms with E-state index in [4.69, 9.17) is 18.9 Å². The molecule has 1 fully saturated rings. The molecular weight excluding hydrogens is 372 g/mol. The molecule has 1 heterocycles. The quantitative estimate of drug-likeness (QED) is 0.544. The SMILES string of the molecule is C=CCOC1OC(C)C(O)C(OCc2ccccc2)C1OC(=O)c1ccccc1. The molecule has 0 saturated carbocycles. The fourth-order valence-corrected chi connectivity index (χ4v) is 3.13. The van der Waals surface area contributed by atoms with Gasteiger partial charge in [-0.15, -0.1) is 6.58 Å². The van der Waals surface area contributed by atoms with E-state index in [1.54, 1.807) is 37.3 Å². The summed E-state index contributed by atoms with van der Waals surface area (Å²) in [7, 11) is 0. The smallest absolute Gasteiger partial charge is 0.338 e. The Kier molecular flexibility index (Phi) is 7.55. The molecule has 0 amide bonds. The Hall–Kier alpha value is -2.51. The van der Waals surface area contributed by atoms with Gasteiger partial charge in [0.1, 0.15) is 12.2 Å². The van der Waals surface area contributed by atoms with Crippen molar-refractivity contribution in [3.63, 3.8) is 0 Å². The van der Waals surface area contributed by atoms with Crippen LogP contribution in [0.3, 0.4) is 0 Å². The maximum atomic E-state index is 12.6. The molecule has 2 aromatic rings. The third-order valence-corrected chi connectivity index (χ3v) is 4.67. The molecule has 6 heteroatoms. The molecule has 5 unspecified atom stereocenters. The number of esters is 1. The normalized spacial score (nSPS) is 26.6. The highest BCUT2D eigenvalue weighted by Gasteiger charge is 2.47. The zero-order valence-corrected chi connectivity index (χ0v) is 16.3. The minimum atomic E-state index is -0.990. The number of aliphatic hydroxyl groups excluding tert-OH is 1. The number of rotatable bonds is 8. The summed E-state index contributed by atoms with van der Waals surface area (Å²) in [5.41, 5.74) is 1.33. The van der Waals surface area contributed by atoms with Crippen LogP contribution in [0.15, 0.2) is 73.3 Å². The van der Waals surface area contributed by atoms with Crippen LogP contribution in [0.2, 0.25) is 0 Å². The fraction of sp³-hybridized carbons (Fsp3) is 0.348. The molecule has 1 saturated heterocycles. The van der Waals surface area contributed by atoms with Crippen molar-refractivity contribution in [3.8, 4) is 0 Å². The Bertz CT molecular complexity index is 778. The van der Waals surface area contributed by atoms with Crippen LogP contribution >= 0.6 is 0 Å². The van der Waals surface area contributed by atoms with Gasteiger partial charge < -0.3 is 24.1 Å². The third kappa shape index (κ3) is 5.52. The summed E-state index contributed by atoms with van der Waals surface area (Å²) in [6, 6.07) is 18.2.